The largest absolute Gasteiger partial charge is 0.507 e. The van der Waals surface area contributed by atoms with Crippen molar-refractivity contribution in [1.29, 1.82) is 0 Å². The minimum atomic E-state index is -0.968. The molecule has 40 heavy (non-hydrogen) atoms. The molecule has 1 N–H and O–H groups in total. The normalized spacial score (nSPS) is 17.5. The third kappa shape index (κ3) is 4.37. The average Bonchev–Trinajstić information content (AvgIpc) is 3.53. The molecule has 9 nitrogen and oxygen atoms in total. The summed E-state index contributed by atoms with van der Waals surface area (Å²) in [6, 6.07) is 12.8. The number of amides is 1. The number of aliphatic hydroxyl groups is 1. The maximum Gasteiger partial charge on any atom is 0.300 e. The first-order chi connectivity index (χ1) is 19.2. The molecule has 0 aliphatic carbocycles. The maximum absolute atomic E-state index is 13.7. The molecule has 1 unspecified atom stereocenters. The topological polar surface area (TPSA) is 104 Å². The molecule has 3 aromatic rings. The van der Waals surface area contributed by atoms with Gasteiger partial charge in [0, 0.05) is 17.3 Å². The van der Waals surface area contributed by atoms with Gasteiger partial charge in [0.25, 0.3) is 11.7 Å². The quantitative estimate of drug-likeness (QED) is 0.236. The Balaban J connectivity index is 1.76. The van der Waals surface area contributed by atoms with Crippen LogP contribution in [0.15, 0.2) is 54.1 Å². The van der Waals surface area contributed by atoms with E-state index < -0.39 is 17.7 Å². The second-order valence-corrected chi connectivity index (χ2v) is 9.88. The third-order valence-electron chi connectivity index (χ3n) is 7.26. The highest BCUT2D eigenvalue weighted by molar-refractivity contribution is 6.51. The molecule has 0 radical (unpaired) electrons. The van der Waals surface area contributed by atoms with Crippen LogP contribution in [-0.2, 0) is 9.59 Å². The van der Waals surface area contributed by atoms with Crippen LogP contribution in [-0.4, -0.2) is 44.9 Å². The smallest absolute Gasteiger partial charge is 0.300 e. The minimum absolute atomic E-state index is 0.0436. The van der Waals surface area contributed by atoms with Crippen LogP contribution >= 0.6 is 0 Å². The lowest BCUT2D eigenvalue weighted by atomic mass is 9.91. The van der Waals surface area contributed by atoms with E-state index in [1.54, 1.807) is 43.5 Å². The molecule has 9 heteroatoms. The van der Waals surface area contributed by atoms with Crippen LogP contribution in [0.1, 0.15) is 48.1 Å². The summed E-state index contributed by atoms with van der Waals surface area (Å²) in [6.45, 7) is 5.91. The molecule has 2 heterocycles. The van der Waals surface area contributed by atoms with Gasteiger partial charge in [0.1, 0.15) is 11.5 Å². The lowest BCUT2D eigenvalue weighted by Gasteiger charge is -2.26. The number of carbonyl (C=O) groups is 2. The first kappa shape index (κ1) is 26.9. The number of hydrogen-bond acceptors (Lipinski definition) is 8. The lowest BCUT2D eigenvalue weighted by Crippen LogP contribution is -2.29. The molecule has 208 valence electrons. The van der Waals surface area contributed by atoms with Crippen molar-refractivity contribution in [2.45, 2.75) is 32.7 Å². The Kier molecular flexibility index (Phi) is 7.06. The Labute approximate surface area is 232 Å². The monoisotopic (exact) mass is 545 g/mol. The summed E-state index contributed by atoms with van der Waals surface area (Å²) in [5.74, 6) is 0.796. The standard InChI is InChI=1S/C31H31NO8/c1-16(2)20-14-21(17(3)11-24(20)37-5)29(33)27-28(18-7-9-22(36-4)25(12-18)38-6)32(31(35)30(27)34)19-8-10-23-26(13-19)40-15-39-23/h7-14,16,28,33H,15H2,1-6H3/b29-27+. The van der Waals surface area contributed by atoms with Crippen LogP contribution in [0, 0.1) is 6.92 Å². The molecule has 1 atom stereocenters. The number of benzene rings is 3. The summed E-state index contributed by atoms with van der Waals surface area (Å²) in [7, 11) is 4.62. The molecule has 0 spiro atoms. The number of ether oxygens (including phenoxy) is 5. The molecule has 0 bridgehead atoms. The van der Waals surface area contributed by atoms with E-state index in [2.05, 4.69) is 0 Å². The molecule has 1 saturated heterocycles. The minimum Gasteiger partial charge on any atom is -0.507 e. The Hall–Kier alpha value is -4.66. The van der Waals surface area contributed by atoms with E-state index in [0.29, 0.717) is 51.1 Å². The first-order valence-corrected chi connectivity index (χ1v) is 12.8. The van der Waals surface area contributed by atoms with Crippen molar-refractivity contribution in [3.05, 3.63) is 76.4 Å². The number of rotatable bonds is 7. The van der Waals surface area contributed by atoms with E-state index in [9.17, 15) is 14.7 Å². The highest BCUT2D eigenvalue weighted by atomic mass is 16.7. The van der Waals surface area contributed by atoms with Crippen LogP contribution in [0.25, 0.3) is 5.76 Å². The van der Waals surface area contributed by atoms with Crippen molar-refractivity contribution in [2.24, 2.45) is 0 Å². The van der Waals surface area contributed by atoms with Crippen LogP contribution in [0.2, 0.25) is 0 Å². The molecule has 2 aliphatic rings. The van der Waals surface area contributed by atoms with Gasteiger partial charge in [0.2, 0.25) is 6.79 Å². The molecule has 2 aliphatic heterocycles. The SMILES string of the molecule is COc1ccc(C2/C(=C(\O)c3cc(C(C)C)c(OC)cc3C)C(=O)C(=O)N2c2ccc3c(c2)OCO3)cc1OC. The van der Waals surface area contributed by atoms with Crippen LogP contribution in [0.4, 0.5) is 5.69 Å². The van der Waals surface area contributed by atoms with Gasteiger partial charge < -0.3 is 28.8 Å². The summed E-state index contributed by atoms with van der Waals surface area (Å²) < 4.78 is 27.4. The van der Waals surface area contributed by atoms with Crippen molar-refractivity contribution in [2.75, 3.05) is 33.0 Å². The van der Waals surface area contributed by atoms with Crippen LogP contribution < -0.4 is 28.6 Å². The Morgan fingerprint density at radius 2 is 1.60 bits per heavy atom. The number of aryl methyl sites for hydroxylation is 1. The second kappa shape index (κ2) is 10.5. The van der Waals surface area contributed by atoms with E-state index in [-0.39, 0.29) is 24.0 Å². The van der Waals surface area contributed by atoms with Crippen LogP contribution in [0.5, 0.6) is 28.7 Å². The predicted molar refractivity (Wildman–Crippen MR) is 149 cm³/mol. The van der Waals surface area contributed by atoms with E-state index in [1.807, 2.05) is 32.9 Å². The van der Waals surface area contributed by atoms with E-state index >= 15 is 0 Å². The fraction of sp³-hybridized carbons (Fsp3) is 0.290. The second-order valence-electron chi connectivity index (χ2n) is 9.88. The Morgan fingerprint density at radius 1 is 0.900 bits per heavy atom. The number of ketones is 1. The zero-order chi connectivity index (χ0) is 28.7. The first-order valence-electron chi connectivity index (χ1n) is 12.8. The van der Waals surface area contributed by atoms with Gasteiger partial charge in [-0.2, -0.15) is 0 Å². The van der Waals surface area contributed by atoms with Crippen molar-refractivity contribution in [3.8, 4) is 28.7 Å². The van der Waals surface area contributed by atoms with Crippen molar-refractivity contribution in [3.63, 3.8) is 0 Å². The molecule has 0 saturated carbocycles. The predicted octanol–water partition coefficient (Wildman–Crippen LogP) is 5.50. The Morgan fingerprint density at radius 3 is 2.27 bits per heavy atom. The molecule has 5 rings (SSSR count). The number of Topliss-reactive ketones (excluding diaryl/α,β-unsaturated/α-hetero) is 1. The average molecular weight is 546 g/mol. The van der Waals surface area contributed by atoms with Gasteiger partial charge in [-0.25, -0.2) is 0 Å². The van der Waals surface area contributed by atoms with Crippen molar-refractivity contribution in [1.82, 2.24) is 0 Å². The third-order valence-corrected chi connectivity index (χ3v) is 7.26. The van der Waals surface area contributed by atoms with E-state index in [4.69, 9.17) is 23.7 Å². The van der Waals surface area contributed by atoms with Gasteiger partial charge in [-0.15, -0.1) is 0 Å². The number of methoxy groups -OCH3 is 3. The summed E-state index contributed by atoms with van der Waals surface area (Å²) in [6.07, 6.45) is 0. The zero-order valence-electron chi connectivity index (χ0n) is 23.2. The fourth-order valence-electron chi connectivity index (χ4n) is 5.20. The number of fused-ring (bicyclic) bond motifs is 1. The number of hydrogen-bond donors (Lipinski definition) is 1. The van der Waals surface area contributed by atoms with E-state index in [0.717, 1.165) is 5.56 Å². The summed E-state index contributed by atoms with van der Waals surface area (Å²) in [5, 5.41) is 11.8. The summed E-state index contributed by atoms with van der Waals surface area (Å²) in [4.78, 5) is 28.7. The van der Waals surface area contributed by atoms with Gasteiger partial charge >= 0.3 is 0 Å². The maximum atomic E-state index is 13.7. The van der Waals surface area contributed by atoms with Crippen LogP contribution in [0.3, 0.4) is 0 Å². The molecule has 1 amide bonds. The lowest BCUT2D eigenvalue weighted by molar-refractivity contribution is -0.132. The van der Waals surface area contributed by atoms with Crippen molar-refractivity contribution >= 4 is 23.1 Å². The number of aliphatic hydroxyl groups excluding tert-OH is 1. The molecule has 0 aromatic heterocycles. The highest BCUT2D eigenvalue weighted by Gasteiger charge is 2.47. The van der Waals surface area contributed by atoms with E-state index in [1.165, 1.54) is 19.1 Å². The summed E-state index contributed by atoms with van der Waals surface area (Å²) >= 11 is 0. The molecular formula is C31H31NO8. The fourth-order valence-corrected chi connectivity index (χ4v) is 5.20. The summed E-state index contributed by atoms with van der Waals surface area (Å²) in [5.41, 5.74) is 2.92. The number of carbonyl (C=O) groups excluding carboxylic acids is 2. The van der Waals surface area contributed by atoms with Gasteiger partial charge in [-0.3, -0.25) is 14.5 Å². The van der Waals surface area contributed by atoms with Gasteiger partial charge in [-0.05, 0) is 65.9 Å². The number of anilines is 1. The molecule has 3 aromatic carbocycles. The Bertz CT molecular complexity index is 1540. The zero-order valence-corrected chi connectivity index (χ0v) is 23.2. The van der Waals surface area contributed by atoms with Gasteiger partial charge in [0.15, 0.2) is 23.0 Å². The van der Waals surface area contributed by atoms with Crippen molar-refractivity contribution < 1.29 is 38.4 Å². The molecule has 1 fully saturated rings. The highest BCUT2D eigenvalue weighted by Crippen LogP contribution is 2.47. The van der Waals surface area contributed by atoms with Gasteiger partial charge in [0.05, 0.1) is 32.9 Å². The molecular weight excluding hydrogens is 514 g/mol. The number of nitrogens with zero attached hydrogens (tertiary/aromatic N) is 1. The van der Waals surface area contributed by atoms with Gasteiger partial charge in [-0.1, -0.05) is 19.9 Å².